The fourth-order valence-corrected chi connectivity index (χ4v) is 4.41. The predicted octanol–water partition coefficient (Wildman–Crippen LogP) is 0.753. The van der Waals surface area contributed by atoms with Crippen molar-refractivity contribution in [3.63, 3.8) is 0 Å². The molecule has 7 atom stereocenters. The number of rotatable bonds is 5. The van der Waals surface area contributed by atoms with E-state index in [0.29, 0.717) is 12.0 Å². The fraction of sp³-hybridized carbons (Fsp3) is 0.591. The minimum Gasteiger partial charge on any atom is -0.461 e. The third kappa shape index (κ3) is 4.05. The molecule has 0 radical (unpaired) electrons. The lowest BCUT2D eigenvalue weighted by Gasteiger charge is -2.28. The average molecular weight is 434 g/mol. The molecule has 3 saturated heterocycles. The first-order valence-electron chi connectivity index (χ1n) is 10.2. The second-order valence-electron chi connectivity index (χ2n) is 8.44. The van der Waals surface area contributed by atoms with Crippen LogP contribution < -0.4 is 0 Å². The molecule has 4 rings (SSSR count). The maximum atomic E-state index is 12.8. The Kier molecular flexibility index (Phi) is 5.53. The number of hydrogen-bond donors (Lipinski definition) is 1. The van der Waals surface area contributed by atoms with Crippen LogP contribution in [0.5, 0.6) is 0 Å². The van der Waals surface area contributed by atoms with Gasteiger partial charge >= 0.3 is 17.9 Å². The number of carbonyl (C=O) groups excluding carboxylic acids is 3. The van der Waals surface area contributed by atoms with E-state index in [1.807, 2.05) is 6.92 Å². The van der Waals surface area contributed by atoms with Crippen LogP contribution in [0, 0.1) is 5.92 Å². The average Bonchev–Trinajstić information content (AvgIpc) is 3.59. The standard InChI is InChI=1S/C22H26O9/c1-5-12(9-27-11(3)24)21(26)29-15-7-22(4)19(31-22)18-17(30-18)13(8-23)6-14-16(15)10(2)20(25)28-14/h5-6,14-19,23H,2,7-9H2,1,3-4H3/b12-5-,13-6-/t14-,15+,16-,17-,18-,19+,22-/m0/s1. The van der Waals surface area contributed by atoms with E-state index >= 15 is 0 Å². The van der Waals surface area contributed by atoms with Crippen molar-refractivity contribution in [3.05, 3.63) is 35.5 Å². The summed E-state index contributed by atoms with van der Waals surface area (Å²) in [6.45, 7) is 8.16. The zero-order valence-corrected chi connectivity index (χ0v) is 17.7. The van der Waals surface area contributed by atoms with Crippen LogP contribution in [0.1, 0.15) is 27.2 Å². The van der Waals surface area contributed by atoms with E-state index in [0.717, 1.165) is 0 Å². The summed E-state index contributed by atoms with van der Waals surface area (Å²) in [5.74, 6) is -2.41. The number of allylic oxidation sites excluding steroid dienone is 1. The van der Waals surface area contributed by atoms with Crippen molar-refractivity contribution < 1.29 is 43.2 Å². The normalized spacial score (nSPS) is 40.4. The molecule has 0 unspecified atom stereocenters. The zero-order chi connectivity index (χ0) is 22.5. The molecule has 9 heteroatoms. The van der Waals surface area contributed by atoms with E-state index in [1.165, 1.54) is 13.0 Å². The monoisotopic (exact) mass is 434 g/mol. The van der Waals surface area contributed by atoms with Gasteiger partial charge in [0.2, 0.25) is 0 Å². The topological polar surface area (TPSA) is 124 Å². The molecule has 0 amide bonds. The van der Waals surface area contributed by atoms with Gasteiger partial charge in [-0.3, -0.25) is 4.79 Å². The summed E-state index contributed by atoms with van der Waals surface area (Å²) in [5, 5.41) is 9.82. The first-order valence-corrected chi connectivity index (χ1v) is 10.2. The van der Waals surface area contributed by atoms with Crippen LogP contribution in [-0.2, 0) is 38.1 Å². The number of aliphatic hydroxyl groups excluding tert-OH is 1. The summed E-state index contributed by atoms with van der Waals surface area (Å²) >= 11 is 0. The van der Waals surface area contributed by atoms with Crippen LogP contribution in [0.2, 0.25) is 0 Å². The van der Waals surface area contributed by atoms with Crippen molar-refractivity contribution in [1.29, 1.82) is 0 Å². The first-order chi connectivity index (χ1) is 14.7. The Morgan fingerprint density at radius 3 is 2.81 bits per heavy atom. The second kappa shape index (κ2) is 7.89. The summed E-state index contributed by atoms with van der Waals surface area (Å²) < 4.78 is 27.8. The molecule has 9 nitrogen and oxygen atoms in total. The molecule has 1 aliphatic carbocycles. The van der Waals surface area contributed by atoms with Crippen LogP contribution >= 0.6 is 0 Å². The van der Waals surface area contributed by atoms with Gasteiger partial charge in [-0.1, -0.05) is 12.7 Å². The van der Waals surface area contributed by atoms with Gasteiger partial charge in [0.25, 0.3) is 0 Å². The highest BCUT2D eigenvalue weighted by molar-refractivity contribution is 5.92. The maximum Gasteiger partial charge on any atom is 0.337 e. The van der Waals surface area contributed by atoms with E-state index in [9.17, 15) is 19.5 Å². The number of aliphatic hydroxyl groups is 1. The molecular weight excluding hydrogens is 408 g/mol. The van der Waals surface area contributed by atoms with Crippen molar-refractivity contribution >= 4 is 17.9 Å². The lowest BCUT2D eigenvalue weighted by molar-refractivity contribution is -0.150. The molecule has 0 saturated carbocycles. The summed E-state index contributed by atoms with van der Waals surface area (Å²) in [7, 11) is 0. The molecule has 0 aromatic rings. The maximum absolute atomic E-state index is 12.8. The Morgan fingerprint density at radius 1 is 1.42 bits per heavy atom. The van der Waals surface area contributed by atoms with Gasteiger partial charge in [0, 0.05) is 18.9 Å². The predicted molar refractivity (Wildman–Crippen MR) is 105 cm³/mol. The van der Waals surface area contributed by atoms with Gasteiger partial charge in [0.05, 0.1) is 23.7 Å². The molecule has 168 valence electrons. The molecular formula is C22H26O9. The molecule has 0 spiro atoms. The molecule has 0 aromatic heterocycles. The van der Waals surface area contributed by atoms with E-state index in [4.69, 9.17) is 23.7 Å². The van der Waals surface area contributed by atoms with E-state index < -0.39 is 41.6 Å². The van der Waals surface area contributed by atoms with E-state index in [1.54, 1.807) is 13.0 Å². The smallest absolute Gasteiger partial charge is 0.337 e. The Hall–Kier alpha value is -2.49. The van der Waals surface area contributed by atoms with Gasteiger partial charge in [-0.15, -0.1) is 0 Å². The molecule has 3 heterocycles. The van der Waals surface area contributed by atoms with Crippen LogP contribution in [0.3, 0.4) is 0 Å². The van der Waals surface area contributed by atoms with Crippen molar-refractivity contribution in [2.75, 3.05) is 13.2 Å². The van der Waals surface area contributed by atoms with Crippen LogP contribution in [-0.4, -0.2) is 72.3 Å². The van der Waals surface area contributed by atoms with Gasteiger partial charge < -0.3 is 28.8 Å². The summed E-state index contributed by atoms with van der Waals surface area (Å²) in [4.78, 5) is 36.3. The summed E-state index contributed by atoms with van der Waals surface area (Å²) in [6, 6.07) is 0. The highest BCUT2D eigenvalue weighted by atomic mass is 16.7. The summed E-state index contributed by atoms with van der Waals surface area (Å²) in [6.07, 6.45) is 1.23. The number of esters is 3. The number of ether oxygens (including phenoxy) is 5. The molecule has 0 aromatic carbocycles. The van der Waals surface area contributed by atoms with Crippen molar-refractivity contribution in [2.45, 2.75) is 63.3 Å². The Morgan fingerprint density at radius 2 is 2.16 bits per heavy atom. The fourth-order valence-electron chi connectivity index (χ4n) is 4.41. The second-order valence-corrected chi connectivity index (χ2v) is 8.44. The van der Waals surface area contributed by atoms with Crippen LogP contribution in [0.25, 0.3) is 0 Å². The number of fused-ring (bicyclic) bond motifs is 4. The zero-order valence-electron chi connectivity index (χ0n) is 17.7. The largest absolute Gasteiger partial charge is 0.461 e. The molecule has 1 N–H and O–H groups in total. The van der Waals surface area contributed by atoms with Crippen molar-refractivity contribution in [3.8, 4) is 0 Å². The first kappa shape index (κ1) is 21.7. The minimum absolute atomic E-state index is 0.176. The van der Waals surface area contributed by atoms with E-state index in [2.05, 4.69) is 6.58 Å². The van der Waals surface area contributed by atoms with E-state index in [-0.39, 0.29) is 42.7 Å². The Bertz CT molecular complexity index is 887. The quantitative estimate of drug-likeness (QED) is 0.219. The molecule has 0 bridgehead atoms. The number of hydrogen-bond acceptors (Lipinski definition) is 9. The number of epoxide rings is 2. The number of carbonyl (C=O) groups is 3. The Balaban J connectivity index is 1.63. The van der Waals surface area contributed by atoms with Gasteiger partial charge in [-0.2, -0.15) is 0 Å². The molecule has 4 aliphatic rings. The van der Waals surface area contributed by atoms with Gasteiger partial charge in [0.15, 0.2) is 0 Å². The highest BCUT2D eigenvalue weighted by Crippen LogP contribution is 2.53. The highest BCUT2D eigenvalue weighted by Gasteiger charge is 2.67. The lowest BCUT2D eigenvalue weighted by atomic mass is 9.82. The van der Waals surface area contributed by atoms with Crippen LogP contribution in [0.4, 0.5) is 0 Å². The molecule has 31 heavy (non-hydrogen) atoms. The third-order valence-electron chi connectivity index (χ3n) is 6.26. The van der Waals surface area contributed by atoms with Gasteiger partial charge in [0.1, 0.15) is 37.1 Å². The minimum atomic E-state index is -0.787. The summed E-state index contributed by atoms with van der Waals surface area (Å²) in [5.41, 5.74) is 0.338. The molecule has 3 aliphatic heterocycles. The van der Waals surface area contributed by atoms with Crippen LogP contribution in [0.15, 0.2) is 35.5 Å². The Labute approximate surface area is 179 Å². The third-order valence-corrected chi connectivity index (χ3v) is 6.26. The van der Waals surface area contributed by atoms with Crippen molar-refractivity contribution in [1.82, 2.24) is 0 Å². The van der Waals surface area contributed by atoms with Gasteiger partial charge in [-0.05, 0) is 25.5 Å². The molecule has 3 fully saturated rings. The SMILES string of the molecule is C=C1C(=O)O[C@H]2/C=C(/CO)[C@@H]3O[C@@H]3[C@H]3O[C@@]3(C)C[C@@H](OC(=O)/C(=C\C)COC(C)=O)[C@@H]12. The lowest BCUT2D eigenvalue weighted by Crippen LogP contribution is -2.38. The van der Waals surface area contributed by atoms with Crippen molar-refractivity contribution in [2.24, 2.45) is 5.92 Å². The van der Waals surface area contributed by atoms with Gasteiger partial charge in [-0.25, -0.2) is 9.59 Å².